The molecule has 0 aromatic carbocycles. The van der Waals surface area contributed by atoms with Gasteiger partial charge in [0, 0.05) is 17.8 Å². The SMILES string of the molecule is Cc1nc(C)c(CCNC(=O)c2coc(CN)c2)s1.Cl.Cl. The molecule has 2 aromatic heterocycles. The van der Waals surface area contributed by atoms with Crippen LogP contribution in [0.1, 0.15) is 31.7 Å². The molecule has 118 valence electrons. The maximum absolute atomic E-state index is 11.8. The van der Waals surface area contributed by atoms with Crippen molar-refractivity contribution in [1.82, 2.24) is 10.3 Å². The van der Waals surface area contributed by atoms with Crippen LogP contribution in [0, 0.1) is 13.8 Å². The van der Waals surface area contributed by atoms with E-state index in [1.807, 2.05) is 13.8 Å². The molecule has 2 rings (SSSR count). The minimum Gasteiger partial charge on any atom is -0.467 e. The van der Waals surface area contributed by atoms with E-state index < -0.39 is 0 Å². The average Bonchev–Trinajstić information content (AvgIpc) is 2.96. The van der Waals surface area contributed by atoms with Gasteiger partial charge in [-0.05, 0) is 19.9 Å². The predicted molar refractivity (Wildman–Crippen MR) is 88.7 cm³/mol. The maximum atomic E-state index is 11.8. The zero-order chi connectivity index (χ0) is 13.8. The van der Waals surface area contributed by atoms with Crippen LogP contribution in [-0.2, 0) is 13.0 Å². The second-order valence-corrected chi connectivity index (χ2v) is 5.54. The van der Waals surface area contributed by atoms with Gasteiger partial charge in [0.15, 0.2) is 0 Å². The molecule has 0 saturated heterocycles. The summed E-state index contributed by atoms with van der Waals surface area (Å²) in [6.45, 7) is 4.86. The van der Waals surface area contributed by atoms with Crippen molar-refractivity contribution in [2.75, 3.05) is 6.54 Å². The van der Waals surface area contributed by atoms with Gasteiger partial charge < -0.3 is 15.5 Å². The topological polar surface area (TPSA) is 81.2 Å². The molecule has 0 spiro atoms. The van der Waals surface area contributed by atoms with Crippen LogP contribution in [0.25, 0.3) is 0 Å². The van der Waals surface area contributed by atoms with Crippen LogP contribution in [0.3, 0.4) is 0 Å². The van der Waals surface area contributed by atoms with E-state index in [2.05, 4.69) is 10.3 Å². The number of nitrogens with one attached hydrogen (secondary N) is 1. The van der Waals surface area contributed by atoms with Gasteiger partial charge in [0.25, 0.3) is 5.91 Å². The Morgan fingerprint density at radius 2 is 2.14 bits per heavy atom. The highest BCUT2D eigenvalue weighted by Gasteiger charge is 2.10. The zero-order valence-electron chi connectivity index (χ0n) is 11.8. The third-order valence-corrected chi connectivity index (χ3v) is 3.89. The van der Waals surface area contributed by atoms with Crippen LogP contribution in [0.2, 0.25) is 0 Å². The maximum Gasteiger partial charge on any atom is 0.254 e. The highest BCUT2D eigenvalue weighted by atomic mass is 35.5. The number of hydrogen-bond acceptors (Lipinski definition) is 5. The molecule has 2 heterocycles. The van der Waals surface area contributed by atoms with E-state index in [9.17, 15) is 4.79 Å². The predicted octanol–water partition coefficient (Wildman–Crippen LogP) is 2.63. The lowest BCUT2D eigenvalue weighted by atomic mass is 10.2. The van der Waals surface area contributed by atoms with E-state index in [0.29, 0.717) is 24.4 Å². The summed E-state index contributed by atoms with van der Waals surface area (Å²) in [6, 6.07) is 1.66. The van der Waals surface area contributed by atoms with E-state index in [-0.39, 0.29) is 30.7 Å². The minimum atomic E-state index is -0.137. The van der Waals surface area contributed by atoms with Gasteiger partial charge in [0.2, 0.25) is 0 Å². The Hall–Kier alpha value is -1.08. The molecule has 0 unspecified atom stereocenters. The number of carbonyl (C=O) groups excluding carboxylic acids is 1. The number of rotatable bonds is 5. The molecule has 5 nitrogen and oxygen atoms in total. The molecular weight excluding hydrogens is 333 g/mol. The first-order valence-corrected chi connectivity index (χ1v) is 6.90. The van der Waals surface area contributed by atoms with Gasteiger partial charge in [-0.1, -0.05) is 0 Å². The van der Waals surface area contributed by atoms with Crippen molar-refractivity contribution in [3.8, 4) is 0 Å². The fourth-order valence-electron chi connectivity index (χ4n) is 1.80. The second kappa shape index (κ2) is 9.04. The zero-order valence-corrected chi connectivity index (χ0v) is 14.3. The van der Waals surface area contributed by atoms with Crippen LogP contribution in [-0.4, -0.2) is 17.4 Å². The van der Waals surface area contributed by atoms with Crippen LogP contribution in [0.5, 0.6) is 0 Å². The van der Waals surface area contributed by atoms with Gasteiger partial charge in [-0.3, -0.25) is 4.79 Å². The van der Waals surface area contributed by atoms with Gasteiger partial charge in [-0.2, -0.15) is 0 Å². The highest BCUT2D eigenvalue weighted by Crippen LogP contribution is 2.17. The molecule has 2 aromatic rings. The number of halogens is 2. The summed E-state index contributed by atoms with van der Waals surface area (Å²) >= 11 is 1.67. The molecule has 0 aliphatic rings. The highest BCUT2D eigenvalue weighted by molar-refractivity contribution is 7.11. The molecule has 0 fully saturated rings. The molecule has 0 aliphatic carbocycles. The van der Waals surface area contributed by atoms with E-state index in [4.69, 9.17) is 10.2 Å². The van der Waals surface area contributed by atoms with Crippen LogP contribution < -0.4 is 11.1 Å². The van der Waals surface area contributed by atoms with Gasteiger partial charge in [0.05, 0.1) is 22.8 Å². The Kier molecular flexibility index (Phi) is 8.58. The van der Waals surface area contributed by atoms with Crippen molar-refractivity contribution in [2.45, 2.75) is 26.8 Å². The standard InChI is InChI=1S/C13H17N3O2S.2ClH/c1-8-12(19-9(2)16-8)3-4-15-13(17)10-5-11(6-14)18-7-10;;/h5,7H,3-4,6,14H2,1-2H3,(H,15,17);2*1H. The quantitative estimate of drug-likeness (QED) is 0.867. The smallest absolute Gasteiger partial charge is 0.254 e. The molecule has 0 bridgehead atoms. The molecule has 1 amide bonds. The van der Waals surface area contributed by atoms with E-state index in [0.717, 1.165) is 17.1 Å². The van der Waals surface area contributed by atoms with Crippen molar-refractivity contribution in [3.63, 3.8) is 0 Å². The Balaban J connectivity index is 0.00000200. The largest absolute Gasteiger partial charge is 0.467 e. The van der Waals surface area contributed by atoms with E-state index in [1.54, 1.807) is 17.4 Å². The van der Waals surface area contributed by atoms with Gasteiger partial charge in [0.1, 0.15) is 12.0 Å². The van der Waals surface area contributed by atoms with Crippen molar-refractivity contribution < 1.29 is 9.21 Å². The molecule has 0 radical (unpaired) electrons. The summed E-state index contributed by atoms with van der Waals surface area (Å²) in [5.41, 5.74) is 6.99. The number of amides is 1. The first-order valence-electron chi connectivity index (χ1n) is 6.08. The van der Waals surface area contributed by atoms with Crippen molar-refractivity contribution in [1.29, 1.82) is 0 Å². The summed E-state index contributed by atoms with van der Waals surface area (Å²) in [7, 11) is 0. The molecule has 0 aliphatic heterocycles. The molecular formula is C13H19Cl2N3O2S. The fourth-order valence-corrected chi connectivity index (χ4v) is 2.74. The lowest BCUT2D eigenvalue weighted by Gasteiger charge is -2.02. The number of aryl methyl sites for hydroxylation is 2. The Morgan fingerprint density at radius 3 is 2.67 bits per heavy atom. The first kappa shape index (κ1) is 19.9. The van der Waals surface area contributed by atoms with Gasteiger partial charge in [-0.25, -0.2) is 4.98 Å². The molecule has 0 atom stereocenters. The average molecular weight is 352 g/mol. The summed E-state index contributed by atoms with van der Waals surface area (Å²) in [6.07, 6.45) is 2.23. The Morgan fingerprint density at radius 1 is 1.43 bits per heavy atom. The Bertz CT molecular complexity index is 584. The summed E-state index contributed by atoms with van der Waals surface area (Å²) in [4.78, 5) is 17.4. The number of nitrogens with zero attached hydrogens (tertiary/aromatic N) is 1. The molecule has 0 saturated carbocycles. The second-order valence-electron chi connectivity index (χ2n) is 4.25. The minimum absolute atomic E-state index is 0. The van der Waals surface area contributed by atoms with Gasteiger partial charge >= 0.3 is 0 Å². The number of nitrogens with two attached hydrogens (primary N) is 1. The Labute approximate surface area is 140 Å². The number of hydrogen-bond donors (Lipinski definition) is 2. The number of thiazole rings is 1. The molecule has 3 N–H and O–H groups in total. The third-order valence-electron chi connectivity index (χ3n) is 2.75. The first-order chi connectivity index (χ1) is 9.10. The lowest BCUT2D eigenvalue weighted by molar-refractivity contribution is 0.0953. The summed E-state index contributed by atoms with van der Waals surface area (Å²) < 4.78 is 5.13. The van der Waals surface area contributed by atoms with Crippen molar-refractivity contribution >= 4 is 42.1 Å². The van der Waals surface area contributed by atoms with E-state index >= 15 is 0 Å². The van der Waals surface area contributed by atoms with Crippen molar-refractivity contribution in [3.05, 3.63) is 39.2 Å². The number of furan rings is 1. The fraction of sp³-hybridized carbons (Fsp3) is 0.385. The van der Waals surface area contributed by atoms with Crippen molar-refractivity contribution in [2.24, 2.45) is 5.73 Å². The molecule has 21 heavy (non-hydrogen) atoms. The summed E-state index contributed by atoms with van der Waals surface area (Å²) in [5, 5.41) is 3.92. The lowest BCUT2D eigenvalue weighted by Crippen LogP contribution is -2.25. The van der Waals surface area contributed by atoms with Crippen LogP contribution >= 0.6 is 36.2 Å². The van der Waals surface area contributed by atoms with Crippen LogP contribution in [0.15, 0.2) is 16.7 Å². The van der Waals surface area contributed by atoms with Crippen LogP contribution in [0.4, 0.5) is 0 Å². The van der Waals surface area contributed by atoms with Gasteiger partial charge in [-0.15, -0.1) is 36.2 Å². The molecule has 8 heteroatoms. The summed E-state index contributed by atoms with van der Waals surface area (Å²) in [5.74, 6) is 0.474. The normalized spacial score (nSPS) is 9.67. The van der Waals surface area contributed by atoms with E-state index in [1.165, 1.54) is 11.1 Å². The third kappa shape index (κ3) is 5.32. The number of aromatic nitrogens is 1. The monoisotopic (exact) mass is 351 g/mol. The number of carbonyl (C=O) groups is 1.